The standard InChI is InChI=1S/C21H19F3N2O5S2/c1-31-16-5-2-6-17(12-16)32(27,28)18-7-8-19(21(22,23)24)20(13-18)33(29,30)26-11-9-15-4-3-10-25-14-15/h2-8,10,12-14,26H,9,11H2,1H3. The molecular formula is C21H19F3N2O5S2. The summed E-state index contributed by atoms with van der Waals surface area (Å²) in [7, 11) is -7.70. The molecule has 0 fully saturated rings. The van der Waals surface area contributed by atoms with Crippen molar-refractivity contribution >= 4 is 19.9 Å². The summed E-state index contributed by atoms with van der Waals surface area (Å²) in [5, 5.41) is 0. The molecule has 0 aliphatic rings. The van der Waals surface area contributed by atoms with Crippen LogP contribution in [0.1, 0.15) is 11.1 Å². The number of ether oxygens (including phenoxy) is 1. The predicted molar refractivity (Wildman–Crippen MR) is 113 cm³/mol. The van der Waals surface area contributed by atoms with E-state index in [1.807, 2.05) is 0 Å². The van der Waals surface area contributed by atoms with Crippen LogP contribution in [0.2, 0.25) is 0 Å². The van der Waals surface area contributed by atoms with Gasteiger partial charge in [-0.25, -0.2) is 21.6 Å². The second kappa shape index (κ2) is 9.49. The second-order valence-electron chi connectivity index (χ2n) is 6.85. The molecule has 0 amide bonds. The fourth-order valence-electron chi connectivity index (χ4n) is 2.98. The number of sulfone groups is 1. The number of pyridine rings is 1. The highest BCUT2D eigenvalue weighted by molar-refractivity contribution is 7.91. The zero-order chi connectivity index (χ0) is 24.3. The van der Waals surface area contributed by atoms with Gasteiger partial charge in [0.25, 0.3) is 0 Å². The minimum absolute atomic E-state index is 0.177. The molecule has 3 rings (SSSR count). The van der Waals surface area contributed by atoms with E-state index in [9.17, 15) is 30.0 Å². The van der Waals surface area contributed by atoms with Crippen LogP contribution in [-0.4, -0.2) is 35.5 Å². The predicted octanol–water partition coefficient (Wildman–Crippen LogP) is 3.46. The largest absolute Gasteiger partial charge is 0.497 e. The van der Waals surface area contributed by atoms with Crippen molar-refractivity contribution in [2.24, 2.45) is 0 Å². The fourth-order valence-corrected chi connectivity index (χ4v) is 5.66. The zero-order valence-corrected chi connectivity index (χ0v) is 18.8. The van der Waals surface area contributed by atoms with E-state index in [1.54, 1.807) is 12.1 Å². The molecule has 0 unspecified atom stereocenters. The van der Waals surface area contributed by atoms with Crippen LogP contribution in [-0.2, 0) is 32.5 Å². The van der Waals surface area contributed by atoms with E-state index >= 15 is 0 Å². The van der Waals surface area contributed by atoms with Crippen molar-refractivity contribution in [3.63, 3.8) is 0 Å². The number of aromatic nitrogens is 1. The smallest absolute Gasteiger partial charge is 0.417 e. The third-order valence-electron chi connectivity index (χ3n) is 4.64. The van der Waals surface area contributed by atoms with Gasteiger partial charge in [-0.2, -0.15) is 13.2 Å². The van der Waals surface area contributed by atoms with Crippen molar-refractivity contribution in [3.8, 4) is 5.75 Å². The number of hydrogen-bond donors (Lipinski definition) is 1. The van der Waals surface area contributed by atoms with Crippen molar-refractivity contribution in [1.82, 2.24) is 9.71 Å². The minimum atomic E-state index is -5.02. The molecule has 0 bridgehead atoms. The zero-order valence-electron chi connectivity index (χ0n) is 17.2. The molecule has 7 nitrogen and oxygen atoms in total. The lowest BCUT2D eigenvalue weighted by atomic mass is 10.2. The fraction of sp³-hybridized carbons (Fsp3) is 0.190. The third-order valence-corrected chi connectivity index (χ3v) is 7.89. The van der Waals surface area contributed by atoms with Crippen LogP contribution in [0.5, 0.6) is 5.75 Å². The summed E-state index contributed by atoms with van der Waals surface area (Å²) in [6.07, 6.45) is -1.82. The lowest BCUT2D eigenvalue weighted by molar-refractivity contribution is -0.139. The topological polar surface area (TPSA) is 102 Å². The molecule has 0 saturated carbocycles. The van der Waals surface area contributed by atoms with Gasteiger partial charge in [0.15, 0.2) is 0 Å². The molecule has 1 N–H and O–H groups in total. The highest BCUT2D eigenvalue weighted by atomic mass is 32.2. The van der Waals surface area contributed by atoms with Gasteiger partial charge in [0, 0.05) is 18.9 Å². The molecule has 1 heterocycles. The first-order chi connectivity index (χ1) is 15.4. The van der Waals surface area contributed by atoms with Crippen LogP contribution >= 0.6 is 0 Å². The number of benzene rings is 2. The van der Waals surface area contributed by atoms with Crippen molar-refractivity contribution < 1.29 is 34.7 Å². The van der Waals surface area contributed by atoms with E-state index in [0.29, 0.717) is 17.7 Å². The Morgan fingerprint density at radius 3 is 2.33 bits per heavy atom. The summed E-state index contributed by atoms with van der Waals surface area (Å²) in [4.78, 5) is 1.85. The monoisotopic (exact) mass is 500 g/mol. The molecule has 0 aliphatic heterocycles. The number of sulfonamides is 1. The average molecular weight is 501 g/mol. The molecule has 1 aromatic heterocycles. The normalized spacial score (nSPS) is 12.5. The maximum Gasteiger partial charge on any atom is 0.417 e. The second-order valence-corrected chi connectivity index (χ2v) is 10.5. The van der Waals surface area contributed by atoms with Crippen LogP contribution in [0.25, 0.3) is 0 Å². The van der Waals surface area contributed by atoms with Gasteiger partial charge < -0.3 is 4.74 Å². The van der Waals surface area contributed by atoms with Gasteiger partial charge in [0.05, 0.1) is 27.4 Å². The number of rotatable bonds is 8. The molecule has 176 valence electrons. The van der Waals surface area contributed by atoms with E-state index in [0.717, 1.165) is 6.07 Å². The SMILES string of the molecule is COc1cccc(S(=O)(=O)c2ccc(C(F)(F)F)c(S(=O)(=O)NCCc3cccnc3)c2)c1. The molecule has 0 spiro atoms. The Labute approximate surface area is 189 Å². The average Bonchev–Trinajstić information content (AvgIpc) is 2.78. The molecule has 0 aliphatic carbocycles. The summed E-state index contributed by atoms with van der Waals surface area (Å²) >= 11 is 0. The van der Waals surface area contributed by atoms with Crippen LogP contribution < -0.4 is 9.46 Å². The van der Waals surface area contributed by atoms with Gasteiger partial charge >= 0.3 is 6.18 Å². The number of halogens is 3. The Morgan fingerprint density at radius 1 is 0.970 bits per heavy atom. The van der Waals surface area contributed by atoms with Crippen molar-refractivity contribution in [1.29, 1.82) is 0 Å². The Kier molecular flexibility index (Phi) is 7.10. The molecule has 2 aromatic carbocycles. The Morgan fingerprint density at radius 2 is 1.70 bits per heavy atom. The molecular weight excluding hydrogens is 481 g/mol. The number of nitrogens with zero attached hydrogens (tertiary/aromatic N) is 1. The summed E-state index contributed by atoms with van der Waals surface area (Å²) in [6.45, 7) is -0.210. The van der Waals surface area contributed by atoms with E-state index in [1.165, 1.54) is 43.8 Å². The van der Waals surface area contributed by atoms with Crippen molar-refractivity contribution in [2.75, 3.05) is 13.7 Å². The van der Waals surface area contributed by atoms with Gasteiger partial charge in [0.2, 0.25) is 19.9 Å². The van der Waals surface area contributed by atoms with Crippen LogP contribution in [0.4, 0.5) is 13.2 Å². The quantitative estimate of drug-likeness (QED) is 0.508. The molecule has 33 heavy (non-hydrogen) atoms. The molecule has 0 radical (unpaired) electrons. The lowest BCUT2D eigenvalue weighted by Crippen LogP contribution is -2.28. The van der Waals surface area contributed by atoms with E-state index in [-0.39, 0.29) is 23.6 Å². The minimum Gasteiger partial charge on any atom is -0.497 e. The summed E-state index contributed by atoms with van der Waals surface area (Å²) in [6, 6.07) is 10.3. The molecule has 0 atom stereocenters. The first-order valence-corrected chi connectivity index (χ1v) is 12.4. The van der Waals surface area contributed by atoms with Crippen LogP contribution in [0, 0.1) is 0 Å². The Bertz CT molecular complexity index is 1340. The third kappa shape index (κ3) is 5.70. The van der Waals surface area contributed by atoms with Crippen LogP contribution in [0.3, 0.4) is 0 Å². The number of hydrogen-bond acceptors (Lipinski definition) is 6. The first kappa shape index (κ1) is 24.7. The summed E-state index contributed by atoms with van der Waals surface area (Å²) in [5.74, 6) is 0.216. The van der Waals surface area contributed by atoms with E-state index in [4.69, 9.17) is 4.74 Å². The lowest BCUT2D eigenvalue weighted by Gasteiger charge is -2.16. The number of nitrogens with one attached hydrogen (secondary N) is 1. The van der Waals surface area contributed by atoms with Gasteiger partial charge in [-0.3, -0.25) is 4.98 Å². The Balaban J connectivity index is 2.01. The summed E-state index contributed by atoms with van der Waals surface area (Å²) < 4.78 is 99.2. The van der Waals surface area contributed by atoms with Gasteiger partial charge in [-0.1, -0.05) is 12.1 Å². The van der Waals surface area contributed by atoms with Crippen molar-refractivity contribution in [2.45, 2.75) is 27.3 Å². The first-order valence-electron chi connectivity index (χ1n) is 9.44. The van der Waals surface area contributed by atoms with E-state index in [2.05, 4.69) is 9.71 Å². The maximum absolute atomic E-state index is 13.5. The highest BCUT2D eigenvalue weighted by Gasteiger charge is 2.38. The van der Waals surface area contributed by atoms with Gasteiger partial charge in [-0.05, 0) is 54.4 Å². The Hall–Kier alpha value is -2.96. The maximum atomic E-state index is 13.5. The van der Waals surface area contributed by atoms with Gasteiger partial charge in [-0.15, -0.1) is 0 Å². The van der Waals surface area contributed by atoms with E-state index < -0.39 is 41.4 Å². The van der Waals surface area contributed by atoms with Crippen molar-refractivity contribution in [3.05, 3.63) is 78.1 Å². The highest BCUT2D eigenvalue weighted by Crippen LogP contribution is 2.36. The summed E-state index contributed by atoms with van der Waals surface area (Å²) in [5.41, 5.74) is -0.799. The number of methoxy groups -OCH3 is 1. The molecule has 3 aromatic rings. The molecule has 0 saturated heterocycles. The van der Waals surface area contributed by atoms with Crippen LogP contribution in [0.15, 0.2) is 81.7 Å². The van der Waals surface area contributed by atoms with Gasteiger partial charge in [0.1, 0.15) is 5.75 Å². The molecule has 12 heteroatoms. The number of alkyl halides is 3.